The molecule has 0 fully saturated rings. The van der Waals surface area contributed by atoms with Crippen molar-refractivity contribution in [3.8, 4) is 11.1 Å². The monoisotopic (exact) mass is 452 g/mol. The molecule has 1 atom stereocenters. The predicted molar refractivity (Wildman–Crippen MR) is 111 cm³/mol. The molecule has 1 aromatic carbocycles. The second-order valence-electron chi connectivity index (χ2n) is 6.45. The van der Waals surface area contributed by atoms with Gasteiger partial charge in [-0.1, -0.05) is 6.07 Å². The van der Waals surface area contributed by atoms with E-state index in [1.165, 1.54) is 18.3 Å². The highest BCUT2D eigenvalue weighted by molar-refractivity contribution is 7.92. The lowest BCUT2D eigenvalue weighted by molar-refractivity contribution is 0.557. The molecule has 0 spiro atoms. The Morgan fingerprint density at radius 1 is 1.20 bits per heavy atom. The molecule has 12 nitrogen and oxygen atoms in total. The molecule has 3 rings (SSSR count). The van der Waals surface area contributed by atoms with Gasteiger partial charge in [0.25, 0.3) is 0 Å². The number of nitrogens with zero attached hydrogens (tertiary/aromatic N) is 4. The summed E-state index contributed by atoms with van der Waals surface area (Å²) >= 11 is 0. The van der Waals surface area contributed by atoms with Gasteiger partial charge in [-0.05, 0) is 36.2 Å². The molecule has 160 valence electrons. The maximum Gasteiger partial charge on any atom is 0.242 e. The van der Waals surface area contributed by atoms with E-state index < -0.39 is 35.9 Å². The number of hydrogen-bond donors (Lipinski definition) is 4. The van der Waals surface area contributed by atoms with Crippen LogP contribution in [0.4, 0.5) is 5.82 Å². The van der Waals surface area contributed by atoms with E-state index in [9.17, 15) is 16.8 Å². The summed E-state index contributed by atoms with van der Waals surface area (Å²) in [4.78, 5) is 6.79. The van der Waals surface area contributed by atoms with Gasteiger partial charge in [0, 0.05) is 18.8 Å². The number of pyridine rings is 1. The largest absolute Gasteiger partial charge is 0.384 e. The number of rotatable bonds is 7. The first-order valence-electron chi connectivity index (χ1n) is 8.61. The van der Waals surface area contributed by atoms with Crippen LogP contribution in [0, 0.1) is 0 Å². The molecule has 1 aliphatic rings. The van der Waals surface area contributed by atoms with E-state index in [0.29, 0.717) is 11.1 Å². The van der Waals surface area contributed by atoms with Crippen molar-refractivity contribution in [2.45, 2.75) is 22.8 Å². The molecule has 2 heterocycles. The Kier molecular flexibility index (Phi) is 5.96. The third-order valence-corrected chi connectivity index (χ3v) is 6.92. The average Bonchev–Trinajstić information content (AvgIpc) is 3.20. The number of aliphatic imine (C=N–C) groups is 1. The van der Waals surface area contributed by atoms with Crippen molar-refractivity contribution in [2.75, 3.05) is 18.9 Å². The van der Waals surface area contributed by atoms with E-state index in [1.54, 1.807) is 13.0 Å². The smallest absolute Gasteiger partial charge is 0.242 e. The van der Waals surface area contributed by atoms with Crippen molar-refractivity contribution in [3.63, 3.8) is 0 Å². The van der Waals surface area contributed by atoms with E-state index >= 15 is 0 Å². The second-order valence-corrected chi connectivity index (χ2v) is 9.63. The SMILES string of the molecule is C[C@H](CN)NS(=O)(=O)c1ccc(-c2ccnc(N)c2)c(C2=NCN=N2)c1S(N)(=O)=O. The lowest BCUT2D eigenvalue weighted by Gasteiger charge is -2.18. The maximum atomic E-state index is 12.9. The van der Waals surface area contributed by atoms with Crippen LogP contribution in [0.15, 0.2) is 55.5 Å². The van der Waals surface area contributed by atoms with Gasteiger partial charge in [0.05, 0.1) is 5.56 Å². The number of nitrogens with two attached hydrogens (primary N) is 3. The summed E-state index contributed by atoms with van der Waals surface area (Å²) < 4.78 is 53.3. The van der Waals surface area contributed by atoms with Crippen molar-refractivity contribution in [1.29, 1.82) is 0 Å². The van der Waals surface area contributed by atoms with Crippen LogP contribution in [0.2, 0.25) is 0 Å². The second kappa shape index (κ2) is 8.16. The molecular weight excluding hydrogens is 432 g/mol. The molecule has 7 N–H and O–H groups in total. The van der Waals surface area contributed by atoms with E-state index in [2.05, 4.69) is 24.9 Å². The lowest BCUT2D eigenvalue weighted by atomic mass is 9.99. The van der Waals surface area contributed by atoms with E-state index in [1.807, 2.05) is 0 Å². The number of hydrogen-bond acceptors (Lipinski definition) is 10. The predicted octanol–water partition coefficient (Wildman–Crippen LogP) is -0.226. The molecule has 0 amide bonds. The van der Waals surface area contributed by atoms with Crippen LogP contribution in [-0.2, 0) is 20.0 Å². The Bertz CT molecular complexity index is 1260. The molecule has 1 aliphatic heterocycles. The average molecular weight is 453 g/mol. The van der Waals surface area contributed by atoms with Gasteiger partial charge in [0.1, 0.15) is 15.6 Å². The van der Waals surface area contributed by atoms with Crippen LogP contribution in [0.25, 0.3) is 11.1 Å². The molecule has 0 unspecified atom stereocenters. The van der Waals surface area contributed by atoms with Crippen LogP contribution in [0.1, 0.15) is 12.5 Å². The van der Waals surface area contributed by atoms with Gasteiger partial charge >= 0.3 is 0 Å². The van der Waals surface area contributed by atoms with Gasteiger partial charge in [-0.25, -0.2) is 36.7 Å². The number of amidine groups is 1. The normalized spacial score (nSPS) is 15.2. The van der Waals surface area contributed by atoms with Gasteiger partial charge in [0.15, 0.2) is 12.5 Å². The molecule has 14 heteroatoms. The summed E-state index contributed by atoms with van der Waals surface area (Å²) in [6, 6.07) is 5.01. The van der Waals surface area contributed by atoms with Crippen LogP contribution in [0.5, 0.6) is 0 Å². The number of azo groups is 1. The highest BCUT2D eigenvalue weighted by Gasteiger charge is 2.33. The summed E-state index contributed by atoms with van der Waals surface area (Å²) in [5.41, 5.74) is 11.9. The summed E-state index contributed by atoms with van der Waals surface area (Å²) in [5, 5.41) is 13.1. The lowest BCUT2D eigenvalue weighted by Crippen LogP contribution is -2.38. The van der Waals surface area contributed by atoms with Crippen LogP contribution < -0.4 is 21.3 Å². The zero-order valence-corrected chi connectivity index (χ0v) is 17.5. The van der Waals surface area contributed by atoms with Crippen molar-refractivity contribution in [2.24, 2.45) is 26.1 Å². The first kappa shape index (κ1) is 21.9. The Morgan fingerprint density at radius 2 is 1.93 bits per heavy atom. The highest BCUT2D eigenvalue weighted by Crippen LogP contribution is 2.35. The minimum atomic E-state index is -4.55. The van der Waals surface area contributed by atoms with Crippen molar-refractivity contribution < 1.29 is 16.8 Å². The fourth-order valence-electron chi connectivity index (χ4n) is 2.87. The number of nitrogen functional groups attached to an aromatic ring is 1. The number of aromatic nitrogens is 1. The number of benzene rings is 1. The van der Waals surface area contributed by atoms with Gasteiger partial charge in [-0.15, -0.1) is 5.11 Å². The minimum absolute atomic E-state index is 0.00604. The van der Waals surface area contributed by atoms with E-state index in [0.717, 1.165) is 6.07 Å². The summed E-state index contributed by atoms with van der Waals surface area (Å²) in [6.07, 6.45) is 1.43. The van der Waals surface area contributed by atoms with E-state index in [-0.39, 0.29) is 30.4 Å². The molecule has 30 heavy (non-hydrogen) atoms. The minimum Gasteiger partial charge on any atom is -0.384 e. The third-order valence-electron chi connectivity index (χ3n) is 4.17. The Labute approximate surface area is 173 Å². The number of sulfonamides is 2. The summed E-state index contributed by atoms with van der Waals surface area (Å²) in [5.74, 6) is 0.119. The molecule has 0 radical (unpaired) electrons. The van der Waals surface area contributed by atoms with E-state index in [4.69, 9.17) is 16.6 Å². The van der Waals surface area contributed by atoms with Crippen LogP contribution in [-0.4, -0.2) is 46.9 Å². The van der Waals surface area contributed by atoms with Gasteiger partial charge < -0.3 is 11.5 Å². The molecule has 0 aliphatic carbocycles. The van der Waals surface area contributed by atoms with Crippen LogP contribution >= 0.6 is 0 Å². The quantitative estimate of drug-likeness (QED) is 0.443. The first-order chi connectivity index (χ1) is 14.0. The number of primary sulfonamides is 1. The topological polar surface area (TPSA) is 208 Å². The standard InChI is InChI=1S/C16H20N8O4S2/c1-9(7-17)24-30(27,28)12-3-2-11(10-4-5-20-13(18)6-10)14(15(12)29(19,25)26)16-21-8-22-23-16/h2-6,9,24H,7-8,17H2,1H3,(H2,18,20)(H2,19,25,26)/t9-/m1/s1. The fraction of sp³-hybridized carbons (Fsp3) is 0.250. The molecule has 2 aromatic rings. The van der Waals surface area contributed by atoms with Crippen molar-refractivity contribution in [3.05, 3.63) is 36.0 Å². The summed E-state index contributed by atoms with van der Waals surface area (Å²) in [7, 11) is -8.85. The molecule has 1 aromatic heterocycles. The zero-order chi connectivity index (χ0) is 22.1. The molecular formula is C16H20N8O4S2. The first-order valence-corrected chi connectivity index (χ1v) is 11.6. The Hall–Kier alpha value is -2.78. The zero-order valence-electron chi connectivity index (χ0n) is 15.8. The van der Waals surface area contributed by atoms with Gasteiger partial charge in [-0.2, -0.15) is 5.11 Å². The fourth-order valence-corrected chi connectivity index (χ4v) is 5.73. The molecule has 0 saturated carbocycles. The Morgan fingerprint density at radius 3 is 2.50 bits per heavy atom. The molecule has 0 saturated heterocycles. The summed E-state index contributed by atoms with van der Waals surface area (Å²) in [6.45, 7) is 1.52. The molecule has 0 bridgehead atoms. The van der Waals surface area contributed by atoms with Gasteiger partial charge in [-0.3, -0.25) is 0 Å². The number of nitrogens with one attached hydrogen (secondary N) is 1. The maximum absolute atomic E-state index is 12.9. The third kappa shape index (κ3) is 4.36. The highest BCUT2D eigenvalue weighted by atomic mass is 32.2. The van der Waals surface area contributed by atoms with Crippen LogP contribution in [0.3, 0.4) is 0 Å². The van der Waals surface area contributed by atoms with Gasteiger partial charge in [0.2, 0.25) is 20.0 Å². The number of anilines is 1. The van der Waals surface area contributed by atoms with Crippen molar-refractivity contribution >= 4 is 31.7 Å². The van der Waals surface area contributed by atoms with Crippen molar-refractivity contribution in [1.82, 2.24) is 9.71 Å². The Balaban J connectivity index is 2.40.